The first kappa shape index (κ1) is 20.2. The number of Topliss-reactive ketones (excluding diaryl/α,β-unsaturated/α-hetero) is 1. The highest BCUT2D eigenvalue weighted by Gasteiger charge is 2.22. The van der Waals surface area contributed by atoms with E-state index in [1.54, 1.807) is 25.1 Å². The monoisotopic (exact) mass is 372 g/mol. The van der Waals surface area contributed by atoms with Crippen LogP contribution in [-0.2, 0) is 17.8 Å². The van der Waals surface area contributed by atoms with Crippen molar-refractivity contribution in [1.29, 1.82) is 0 Å². The second-order valence-corrected chi connectivity index (χ2v) is 6.30. The van der Waals surface area contributed by atoms with Crippen LogP contribution in [0, 0.1) is 6.92 Å². The molecule has 7 nitrogen and oxygen atoms in total. The van der Waals surface area contributed by atoms with E-state index in [2.05, 4.69) is 10.3 Å². The Balaban J connectivity index is 2.12. The van der Waals surface area contributed by atoms with Gasteiger partial charge >= 0.3 is 5.97 Å². The molecule has 0 spiro atoms. The van der Waals surface area contributed by atoms with Gasteiger partial charge < -0.3 is 20.1 Å². The van der Waals surface area contributed by atoms with Gasteiger partial charge in [-0.3, -0.25) is 9.59 Å². The predicted octanol–water partition coefficient (Wildman–Crippen LogP) is 2.87. The van der Waals surface area contributed by atoms with E-state index in [9.17, 15) is 14.4 Å². The fraction of sp³-hybridized carbons (Fsp3) is 0.350. The molecule has 1 aromatic heterocycles. The Morgan fingerprint density at radius 1 is 1.26 bits per heavy atom. The molecule has 0 saturated carbocycles. The zero-order valence-corrected chi connectivity index (χ0v) is 15.7. The van der Waals surface area contributed by atoms with Crippen LogP contribution in [0.3, 0.4) is 0 Å². The van der Waals surface area contributed by atoms with Gasteiger partial charge in [0, 0.05) is 17.8 Å². The van der Waals surface area contributed by atoms with E-state index in [0.717, 1.165) is 17.5 Å². The Bertz CT molecular complexity index is 854. The number of ether oxygens (including phenoxy) is 1. The van der Waals surface area contributed by atoms with Crippen LogP contribution in [-0.4, -0.2) is 34.4 Å². The minimum absolute atomic E-state index is 0.0606. The van der Waals surface area contributed by atoms with Gasteiger partial charge in [0.1, 0.15) is 11.4 Å². The number of amides is 1. The molecule has 1 aromatic carbocycles. The third-order valence-corrected chi connectivity index (χ3v) is 4.08. The maximum atomic E-state index is 12.6. The number of nitrogens with one attached hydrogen (secondary N) is 2. The smallest absolute Gasteiger partial charge is 0.341 e. The highest BCUT2D eigenvalue weighted by molar-refractivity contribution is 6.02. The summed E-state index contributed by atoms with van der Waals surface area (Å²) in [6.45, 7) is 5.11. The summed E-state index contributed by atoms with van der Waals surface area (Å²) in [4.78, 5) is 38.2. The number of aromatic nitrogens is 1. The summed E-state index contributed by atoms with van der Waals surface area (Å²) in [6.07, 6.45) is 1.46. The maximum absolute atomic E-state index is 12.6. The van der Waals surface area contributed by atoms with E-state index in [1.807, 2.05) is 13.0 Å². The van der Waals surface area contributed by atoms with Crippen LogP contribution >= 0.6 is 0 Å². The number of hydrogen-bond acceptors (Lipinski definition) is 4. The molecule has 2 aromatic rings. The van der Waals surface area contributed by atoms with Crippen molar-refractivity contribution in [1.82, 2.24) is 10.3 Å². The molecule has 0 radical (unpaired) electrons. The summed E-state index contributed by atoms with van der Waals surface area (Å²) >= 11 is 0. The van der Waals surface area contributed by atoms with Crippen LogP contribution in [0.5, 0.6) is 5.75 Å². The molecule has 144 valence electrons. The molecule has 3 N–H and O–H groups in total. The van der Waals surface area contributed by atoms with Crippen molar-refractivity contribution in [2.45, 2.75) is 40.2 Å². The molecule has 0 atom stereocenters. The summed E-state index contributed by atoms with van der Waals surface area (Å²) < 4.78 is 5.14. The Labute approximate surface area is 157 Å². The van der Waals surface area contributed by atoms with Gasteiger partial charge in [0.15, 0.2) is 12.4 Å². The van der Waals surface area contributed by atoms with Crippen molar-refractivity contribution in [3.63, 3.8) is 0 Å². The number of ketones is 1. The fourth-order valence-corrected chi connectivity index (χ4v) is 3.01. The van der Waals surface area contributed by atoms with Crippen LogP contribution in [0.4, 0.5) is 0 Å². The molecule has 7 heteroatoms. The minimum Gasteiger partial charge on any atom is -0.482 e. The van der Waals surface area contributed by atoms with Crippen molar-refractivity contribution in [2.24, 2.45) is 0 Å². The van der Waals surface area contributed by atoms with Crippen LogP contribution in [0.15, 0.2) is 24.3 Å². The van der Waals surface area contributed by atoms with E-state index in [1.165, 1.54) is 6.92 Å². The van der Waals surface area contributed by atoms with Crippen LogP contribution in [0.25, 0.3) is 0 Å². The molecule has 0 bridgehead atoms. The molecule has 0 aliphatic rings. The summed E-state index contributed by atoms with van der Waals surface area (Å²) in [6, 6.07) is 6.87. The van der Waals surface area contributed by atoms with E-state index < -0.39 is 12.6 Å². The van der Waals surface area contributed by atoms with Gasteiger partial charge in [-0.15, -0.1) is 0 Å². The minimum atomic E-state index is -1.06. The molecule has 0 fully saturated rings. The normalized spacial score (nSPS) is 10.5. The maximum Gasteiger partial charge on any atom is 0.341 e. The number of carbonyl (C=O) groups excluding carboxylic acids is 2. The highest BCUT2D eigenvalue weighted by atomic mass is 16.5. The zero-order valence-electron chi connectivity index (χ0n) is 15.7. The molecule has 27 heavy (non-hydrogen) atoms. The van der Waals surface area contributed by atoms with Gasteiger partial charge in [-0.05, 0) is 43.5 Å². The number of hydrogen-bond donors (Lipinski definition) is 3. The van der Waals surface area contributed by atoms with Gasteiger partial charge in [0.05, 0.1) is 0 Å². The molecule has 0 saturated heterocycles. The summed E-state index contributed by atoms with van der Waals surface area (Å²) in [5.41, 5.74) is 3.22. The first-order valence-corrected chi connectivity index (χ1v) is 8.77. The molecule has 1 amide bonds. The molecule has 0 unspecified atom stereocenters. The topological polar surface area (TPSA) is 108 Å². The van der Waals surface area contributed by atoms with Gasteiger partial charge in [0.2, 0.25) is 0 Å². The standard InChI is InChI=1S/C20H24N2O5/c1-4-6-16-18(13(3)23)12(2)22-19(16)20(26)21-10-14-7-5-8-15(9-14)27-11-17(24)25/h5,7-9,22H,4,6,10-11H2,1-3H3,(H,21,26)(H,24,25). The van der Waals surface area contributed by atoms with Crippen molar-refractivity contribution in [3.05, 3.63) is 52.3 Å². The molecule has 0 aliphatic carbocycles. The lowest BCUT2D eigenvalue weighted by atomic mass is 10.0. The number of aliphatic carboxylic acids is 1. The SMILES string of the molecule is CCCc1c(C(=O)NCc2cccc(OCC(=O)O)c2)[nH]c(C)c1C(C)=O. The number of carboxylic acid groups (broad SMARTS) is 1. The zero-order chi connectivity index (χ0) is 20.0. The average molecular weight is 372 g/mol. The quantitative estimate of drug-likeness (QED) is 0.587. The van der Waals surface area contributed by atoms with Crippen molar-refractivity contribution < 1.29 is 24.2 Å². The second-order valence-electron chi connectivity index (χ2n) is 6.30. The largest absolute Gasteiger partial charge is 0.482 e. The van der Waals surface area contributed by atoms with Gasteiger partial charge in [-0.1, -0.05) is 25.5 Å². The number of rotatable bonds is 9. The number of aromatic amines is 1. The highest BCUT2D eigenvalue weighted by Crippen LogP contribution is 2.21. The molecule has 2 rings (SSSR count). The van der Waals surface area contributed by atoms with Crippen LogP contribution in [0.2, 0.25) is 0 Å². The first-order valence-electron chi connectivity index (χ1n) is 8.77. The van der Waals surface area contributed by atoms with Crippen LogP contribution in [0.1, 0.15) is 57.9 Å². The van der Waals surface area contributed by atoms with E-state index >= 15 is 0 Å². The predicted molar refractivity (Wildman–Crippen MR) is 100 cm³/mol. The van der Waals surface area contributed by atoms with E-state index in [0.29, 0.717) is 29.1 Å². The lowest BCUT2D eigenvalue weighted by Gasteiger charge is -2.09. The third-order valence-electron chi connectivity index (χ3n) is 4.08. The summed E-state index contributed by atoms with van der Waals surface area (Å²) in [7, 11) is 0. The Morgan fingerprint density at radius 3 is 2.63 bits per heavy atom. The van der Waals surface area contributed by atoms with Gasteiger partial charge in [-0.2, -0.15) is 0 Å². The average Bonchev–Trinajstić information content (AvgIpc) is 2.95. The first-order chi connectivity index (χ1) is 12.8. The molecule has 0 aliphatic heterocycles. The molecule has 1 heterocycles. The fourth-order valence-electron chi connectivity index (χ4n) is 3.01. The number of benzene rings is 1. The third kappa shape index (κ3) is 5.20. The van der Waals surface area contributed by atoms with Crippen molar-refractivity contribution in [3.8, 4) is 5.75 Å². The lowest BCUT2D eigenvalue weighted by Crippen LogP contribution is -2.24. The lowest BCUT2D eigenvalue weighted by molar-refractivity contribution is -0.139. The van der Waals surface area contributed by atoms with Crippen molar-refractivity contribution >= 4 is 17.7 Å². The molecular weight excluding hydrogens is 348 g/mol. The number of carboxylic acids is 1. The number of H-pyrrole nitrogens is 1. The Hall–Kier alpha value is -3.09. The summed E-state index contributed by atoms with van der Waals surface area (Å²) in [5.74, 6) is -0.980. The Kier molecular flexibility index (Phi) is 6.76. The van der Waals surface area contributed by atoms with Gasteiger partial charge in [-0.25, -0.2) is 4.79 Å². The van der Waals surface area contributed by atoms with E-state index in [-0.39, 0.29) is 18.2 Å². The van der Waals surface area contributed by atoms with E-state index in [4.69, 9.17) is 9.84 Å². The van der Waals surface area contributed by atoms with Crippen LogP contribution < -0.4 is 10.1 Å². The number of aryl methyl sites for hydroxylation is 1. The second kappa shape index (κ2) is 9.02. The van der Waals surface area contributed by atoms with Crippen molar-refractivity contribution in [2.75, 3.05) is 6.61 Å². The Morgan fingerprint density at radius 2 is 2.00 bits per heavy atom. The molecular formula is C20H24N2O5. The van der Waals surface area contributed by atoms with Gasteiger partial charge in [0.25, 0.3) is 5.91 Å². The summed E-state index contributed by atoms with van der Waals surface area (Å²) in [5, 5.41) is 11.5. The number of carbonyl (C=O) groups is 3.